The molecule has 4 amide bonds. The molecule has 0 saturated carbocycles. The molecule has 0 spiro atoms. The molecule has 0 aliphatic carbocycles. The van der Waals surface area contributed by atoms with Crippen LogP contribution in [0.25, 0.3) is 11.0 Å². The van der Waals surface area contributed by atoms with Crippen LogP contribution in [0.4, 0.5) is 15.3 Å². The maximum atomic E-state index is 14.1. The average Bonchev–Trinajstić information content (AvgIpc) is 3.40. The van der Waals surface area contributed by atoms with Crippen molar-refractivity contribution in [1.29, 1.82) is 0 Å². The van der Waals surface area contributed by atoms with Crippen LogP contribution in [0.15, 0.2) is 41.2 Å². The number of piperidine rings is 3. The quantitative estimate of drug-likeness (QED) is 0.357. The Labute approximate surface area is 287 Å². The van der Waals surface area contributed by atoms with E-state index in [0.29, 0.717) is 62.9 Å². The number of ether oxygens (including phenoxy) is 1. The molecule has 2 aromatic carbocycles. The van der Waals surface area contributed by atoms with Crippen molar-refractivity contribution in [1.82, 2.24) is 29.6 Å². The van der Waals surface area contributed by atoms with E-state index in [1.54, 1.807) is 4.90 Å². The van der Waals surface area contributed by atoms with Crippen molar-refractivity contribution in [2.45, 2.75) is 70.4 Å². The van der Waals surface area contributed by atoms with Gasteiger partial charge in [0.25, 0.3) is 5.91 Å². The molecule has 0 unspecified atom stereocenters. The number of nitrogens with one attached hydrogen (secondary N) is 3. The normalized spacial score (nSPS) is 20.9. The number of imidazole rings is 1. The number of urea groups is 1. The van der Waals surface area contributed by atoms with Gasteiger partial charge in [0, 0.05) is 50.9 Å². The number of rotatable bonds is 6. The molecule has 3 fully saturated rings. The Balaban J connectivity index is 1.01. The second kappa shape index (κ2) is 14.3. The summed E-state index contributed by atoms with van der Waals surface area (Å²) in [6.07, 6.45) is 5.15. The number of H-pyrrole nitrogens is 2. The van der Waals surface area contributed by atoms with Crippen LogP contribution in [-0.4, -0.2) is 113 Å². The zero-order valence-electron chi connectivity index (χ0n) is 28.7. The standard InChI is InChI=1S/C37H49N7O5/c1-24-21-25(22-31-33(24)40-35(46)38-31)23-32(34(45)42-16-9-27(10-17-42)26-7-14-41(2)15-8-26)49-37(48)43-18-12-29(13-19-43)44-20-11-28-5-3-4-6-30(28)39-36(44)47/h3-6,21-22,26-27,29,32H,7-20,23H2,1-2H3,(H,39,47)(H2,38,40,46)/t32-/m1/s1. The predicted molar refractivity (Wildman–Crippen MR) is 188 cm³/mol. The Hall–Kier alpha value is -4.32. The van der Waals surface area contributed by atoms with Crippen molar-refractivity contribution in [2.24, 2.45) is 11.8 Å². The van der Waals surface area contributed by atoms with E-state index in [-0.39, 0.29) is 30.1 Å². The molecular formula is C37H49N7O5. The van der Waals surface area contributed by atoms with Crippen LogP contribution in [-0.2, 0) is 22.4 Å². The van der Waals surface area contributed by atoms with Gasteiger partial charge in [-0.1, -0.05) is 24.3 Å². The summed E-state index contributed by atoms with van der Waals surface area (Å²) in [5.41, 5.74) is 4.79. The summed E-state index contributed by atoms with van der Waals surface area (Å²) in [4.78, 5) is 66.4. The van der Waals surface area contributed by atoms with E-state index >= 15 is 0 Å². The minimum atomic E-state index is -0.984. The Morgan fingerprint density at radius 1 is 0.857 bits per heavy atom. The van der Waals surface area contributed by atoms with Crippen LogP contribution in [0.1, 0.15) is 55.2 Å². The molecule has 0 radical (unpaired) electrons. The molecule has 3 N–H and O–H groups in total. The van der Waals surface area contributed by atoms with Gasteiger partial charge in [0.05, 0.1) is 11.0 Å². The molecule has 1 aromatic heterocycles. The Morgan fingerprint density at radius 2 is 1.53 bits per heavy atom. The molecule has 49 heavy (non-hydrogen) atoms. The van der Waals surface area contributed by atoms with Gasteiger partial charge < -0.3 is 39.6 Å². The number of aromatic nitrogens is 2. The summed E-state index contributed by atoms with van der Waals surface area (Å²) in [7, 11) is 2.18. The highest BCUT2D eigenvalue weighted by Gasteiger charge is 2.37. The second-order valence-corrected chi connectivity index (χ2v) is 14.5. The maximum Gasteiger partial charge on any atom is 0.410 e. The molecular weight excluding hydrogens is 622 g/mol. The first-order valence-electron chi connectivity index (χ1n) is 18.0. The SMILES string of the molecule is Cc1cc(C[C@@H](OC(=O)N2CCC(N3CCc4ccccc4NC3=O)CC2)C(=O)N2CCC(C3CCN(C)CC3)CC2)cc2[nH]c(=O)[nH]c12. The predicted octanol–water partition coefficient (Wildman–Crippen LogP) is 4.35. The number of aryl methyl sites for hydroxylation is 1. The maximum absolute atomic E-state index is 14.1. The molecule has 7 rings (SSSR count). The number of nitrogens with zero attached hydrogens (tertiary/aromatic N) is 4. The summed E-state index contributed by atoms with van der Waals surface area (Å²) in [5.74, 6) is 1.17. The minimum absolute atomic E-state index is 0.0138. The lowest BCUT2D eigenvalue weighted by molar-refractivity contribution is -0.142. The number of para-hydroxylation sites is 1. The van der Waals surface area contributed by atoms with E-state index in [0.717, 1.165) is 60.2 Å². The van der Waals surface area contributed by atoms with E-state index in [9.17, 15) is 19.2 Å². The Kier molecular flexibility index (Phi) is 9.66. The number of anilines is 1. The topological polar surface area (TPSA) is 134 Å². The van der Waals surface area contributed by atoms with Crippen LogP contribution in [0.5, 0.6) is 0 Å². The second-order valence-electron chi connectivity index (χ2n) is 14.5. The number of fused-ring (bicyclic) bond motifs is 2. The van der Waals surface area contributed by atoms with Gasteiger partial charge in [-0.15, -0.1) is 0 Å². The summed E-state index contributed by atoms with van der Waals surface area (Å²) < 4.78 is 6.10. The van der Waals surface area contributed by atoms with Crippen molar-refractivity contribution >= 4 is 34.8 Å². The van der Waals surface area contributed by atoms with E-state index in [1.807, 2.05) is 53.1 Å². The zero-order chi connectivity index (χ0) is 34.1. The van der Waals surface area contributed by atoms with E-state index < -0.39 is 12.2 Å². The Bertz CT molecular complexity index is 1730. The summed E-state index contributed by atoms with van der Waals surface area (Å²) in [6, 6.07) is 11.6. The first kappa shape index (κ1) is 33.2. The van der Waals surface area contributed by atoms with Crippen LogP contribution < -0.4 is 11.0 Å². The molecule has 12 nitrogen and oxygen atoms in total. The first-order chi connectivity index (χ1) is 23.7. The van der Waals surface area contributed by atoms with Gasteiger partial charge in [0.1, 0.15) is 0 Å². The fourth-order valence-electron chi connectivity index (χ4n) is 8.49. The third-order valence-electron chi connectivity index (χ3n) is 11.4. The fourth-order valence-corrected chi connectivity index (χ4v) is 8.49. The van der Waals surface area contributed by atoms with Crippen LogP contribution in [0.3, 0.4) is 0 Å². The lowest BCUT2D eigenvalue weighted by atomic mass is 9.79. The highest BCUT2D eigenvalue weighted by molar-refractivity contribution is 5.91. The molecule has 4 aliphatic heterocycles. The number of likely N-dealkylation sites (tertiary alicyclic amines) is 3. The van der Waals surface area contributed by atoms with E-state index in [2.05, 4.69) is 27.2 Å². The van der Waals surface area contributed by atoms with Crippen molar-refractivity contribution in [2.75, 3.05) is 58.2 Å². The minimum Gasteiger partial charge on any atom is -0.436 e. The zero-order valence-corrected chi connectivity index (χ0v) is 28.7. The molecule has 3 aromatic rings. The third kappa shape index (κ3) is 7.34. The molecule has 5 heterocycles. The van der Waals surface area contributed by atoms with Gasteiger partial charge >= 0.3 is 17.8 Å². The highest BCUT2D eigenvalue weighted by Crippen LogP contribution is 2.33. The van der Waals surface area contributed by atoms with Crippen LogP contribution in [0, 0.1) is 18.8 Å². The molecule has 1 atom stereocenters. The lowest BCUT2D eigenvalue weighted by Crippen LogP contribution is -2.52. The lowest BCUT2D eigenvalue weighted by Gasteiger charge is -2.40. The first-order valence-corrected chi connectivity index (χ1v) is 18.0. The third-order valence-corrected chi connectivity index (χ3v) is 11.4. The monoisotopic (exact) mass is 671 g/mol. The molecule has 0 bridgehead atoms. The number of carbonyl (C=O) groups is 3. The fraction of sp³-hybridized carbons (Fsp3) is 0.568. The van der Waals surface area contributed by atoms with E-state index in [4.69, 9.17) is 4.74 Å². The molecule has 3 saturated heterocycles. The van der Waals surface area contributed by atoms with Crippen molar-refractivity contribution in [3.05, 3.63) is 63.6 Å². The van der Waals surface area contributed by atoms with E-state index in [1.165, 1.54) is 12.8 Å². The summed E-state index contributed by atoms with van der Waals surface area (Å²) >= 11 is 0. The van der Waals surface area contributed by atoms with Crippen molar-refractivity contribution in [3.8, 4) is 0 Å². The van der Waals surface area contributed by atoms with Crippen molar-refractivity contribution in [3.63, 3.8) is 0 Å². The number of aromatic amines is 2. The number of hydrogen-bond acceptors (Lipinski definition) is 6. The van der Waals surface area contributed by atoms with Crippen LogP contribution >= 0.6 is 0 Å². The van der Waals surface area contributed by atoms with Gasteiger partial charge in [-0.3, -0.25) is 4.79 Å². The van der Waals surface area contributed by atoms with Crippen LogP contribution in [0.2, 0.25) is 0 Å². The number of carbonyl (C=O) groups excluding carboxylic acids is 3. The largest absolute Gasteiger partial charge is 0.436 e. The van der Waals surface area contributed by atoms with Gasteiger partial charge in [-0.2, -0.15) is 0 Å². The summed E-state index contributed by atoms with van der Waals surface area (Å²) in [6.45, 7) is 7.03. The number of hydrogen-bond donors (Lipinski definition) is 3. The Morgan fingerprint density at radius 3 is 2.27 bits per heavy atom. The molecule has 12 heteroatoms. The average molecular weight is 672 g/mol. The van der Waals surface area contributed by atoms with Gasteiger partial charge in [-0.25, -0.2) is 14.4 Å². The molecule has 262 valence electrons. The number of amides is 4. The van der Waals surface area contributed by atoms with Gasteiger partial charge in [-0.05, 0) is 113 Å². The van der Waals surface area contributed by atoms with Crippen molar-refractivity contribution < 1.29 is 19.1 Å². The smallest absolute Gasteiger partial charge is 0.410 e. The highest BCUT2D eigenvalue weighted by atomic mass is 16.6. The molecule has 4 aliphatic rings. The van der Waals surface area contributed by atoms with Gasteiger partial charge in [0.2, 0.25) is 0 Å². The number of benzene rings is 2. The van der Waals surface area contributed by atoms with Gasteiger partial charge in [0.15, 0.2) is 6.10 Å². The summed E-state index contributed by atoms with van der Waals surface area (Å²) in [5, 5.41) is 3.05.